The lowest BCUT2D eigenvalue weighted by molar-refractivity contribution is -0.131. The lowest BCUT2D eigenvalue weighted by atomic mass is 10.00. The molecule has 0 aliphatic carbocycles. The lowest BCUT2D eigenvalue weighted by Crippen LogP contribution is -2.51. The topological polar surface area (TPSA) is 70.7 Å². The predicted molar refractivity (Wildman–Crippen MR) is 106 cm³/mol. The van der Waals surface area contributed by atoms with Crippen molar-refractivity contribution in [3.63, 3.8) is 0 Å². The lowest BCUT2D eigenvalue weighted by Gasteiger charge is -2.43. The monoisotopic (exact) mass is 384 g/mol. The van der Waals surface area contributed by atoms with Gasteiger partial charge >= 0.3 is 0 Å². The minimum atomic E-state index is 0.120. The normalized spacial score (nSPS) is 21.6. The van der Waals surface area contributed by atoms with Gasteiger partial charge < -0.3 is 19.4 Å². The van der Waals surface area contributed by atoms with Crippen molar-refractivity contribution in [3.05, 3.63) is 36.3 Å². The summed E-state index contributed by atoms with van der Waals surface area (Å²) in [5, 5.41) is 0. The fraction of sp³-hybridized carbons (Fsp3) is 0.524. The summed E-state index contributed by atoms with van der Waals surface area (Å²) >= 11 is 0. The molecule has 2 fully saturated rings. The maximum atomic E-state index is 11.6. The molecule has 2 aliphatic rings. The molecule has 28 heavy (non-hydrogen) atoms. The van der Waals surface area contributed by atoms with Gasteiger partial charge in [-0.25, -0.2) is 4.98 Å². The van der Waals surface area contributed by atoms with E-state index in [0.717, 1.165) is 61.9 Å². The number of benzene rings is 1. The van der Waals surface area contributed by atoms with E-state index in [1.54, 1.807) is 14.0 Å². The standard InChI is InChI=1S/C21H28N4O3/c1-15(26)24-9-7-17(8-10-24)25-11-12-28-14-20(25)21-22-13-19(23-21)16-3-5-18(27-2)6-4-16/h3-6,13,17,20H,7-12,14H2,1-2H3,(H,22,23)/t20-/m0/s1. The number of aromatic nitrogens is 2. The largest absolute Gasteiger partial charge is 0.497 e. The number of morpholine rings is 1. The van der Waals surface area contributed by atoms with Gasteiger partial charge in [-0.15, -0.1) is 0 Å². The molecule has 1 aromatic heterocycles. The Labute approximate surface area is 165 Å². The molecule has 4 rings (SSSR count). The first-order valence-electron chi connectivity index (χ1n) is 9.94. The van der Waals surface area contributed by atoms with E-state index in [4.69, 9.17) is 9.47 Å². The second kappa shape index (κ2) is 8.32. The van der Waals surface area contributed by atoms with Crippen molar-refractivity contribution >= 4 is 5.91 Å². The fourth-order valence-electron chi connectivity index (χ4n) is 4.23. The van der Waals surface area contributed by atoms with Gasteiger partial charge in [0.05, 0.1) is 38.3 Å². The number of ether oxygens (including phenoxy) is 2. The molecular formula is C21H28N4O3. The smallest absolute Gasteiger partial charge is 0.219 e. The van der Waals surface area contributed by atoms with E-state index in [-0.39, 0.29) is 11.9 Å². The number of piperidine rings is 1. The molecule has 3 heterocycles. The summed E-state index contributed by atoms with van der Waals surface area (Å²) in [4.78, 5) is 24.2. The van der Waals surface area contributed by atoms with Gasteiger partial charge in [-0.2, -0.15) is 0 Å². The number of nitrogens with zero attached hydrogens (tertiary/aromatic N) is 3. The van der Waals surface area contributed by atoms with Crippen molar-refractivity contribution < 1.29 is 14.3 Å². The molecule has 0 bridgehead atoms. The Morgan fingerprint density at radius 3 is 2.64 bits per heavy atom. The molecule has 7 nitrogen and oxygen atoms in total. The number of aromatic amines is 1. The van der Waals surface area contributed by atoms with Gasteiger partial charge in [-0.1, -0.05) is 0 Å². The van der Waals surface area contributed by atoms with Crippen molar-refractivity contribution in [2.45, 2.75) is 31.8 Å². The van der Waals surface area contributed by atoms with Crippen LogP contribution in [0.5, 0.6) is 5.75 Å². The van der Waals surface area contributed by atoms with E-state index in [1.165, 1.54) is 0 Å². The number of carbonyl (C=O) groups excluding carboxylic acids is 1. The zero-order valence-electron chi connectivity index (χ0n) is 16.6. The van der Waals surface area contributed by atoms with Crippen molar-refractivity contribution in [1.29, 1.82) is 0 Å². The first kappa shape index (κ1) is 19.0. The highest BCUT2D eigenvalue weighted by atomic mass is 16.5. The quantitative estimate of drug-likeness (QED) is 0.877. The van der Waals surface area contributed by atoms with Gasteiger partial charge in [0.15, 0.2) is 0 Å². The zero-order valence-corrected chi connectivity index (χ0v) is 16.6. The molecule has 1 atom stereocenters. The average molecular weight is 384 g/mol. The molecule has 0 spiro atoms. The van der Waals surface area contributed by atoms with Crippen LogP contribution in [0.3, 0.4) is 0 Å². The Hall–Kier alpha value is -2.38. The molecule has 1 amide bonds. The van der Waals surface area contributed by atoms with Gasteiger partial charge in [0, 0.05) is 32.6 Å². The van der Waals surface area contributed by atoms with Crippen LogP contribution in [0.25, 0.3) is 11.3 Å². The third-order valence-electron chi connectivity index (χ3n) is 5.86. The van der Waals surface area contributed by atoms with Crippen molar-refractivity contribution in [1.82, 2.24) is 19.8 Å². The molecule has 150 valence electrons. The van der Waals surface area contributed by atoms with E-state index in [2.05, 4.69) is 14.9 Å². The van der Waals surface area contributed by atoms with E-state index < -0.39 is 0 Å². The summed E-state index contributed by atoms with van der Waals surface area (Å²) < 4.78 is 11.0. The molecular weight excluding hydrogens is 356 g/mol. The Kier molecular flexibility index (Phi) is 5.64. The summed E-state index contributed by atoms with van der Waals surface area (Å²) in [5.74, 6) is 1.96. The van der Waals surface area contributed by atoms with Gasteiger partial charge in [-0.05, 0) is 42.7 Å². The predicted octanol–water partition coefficient (Wildman–Crippen LogP) is 2.47. The highest BCUT2D eigenvalue weighted by Gasteiger charge is 2.34. The van der Waals surface area contributed by atoms with Crippen LogP contribution in [-0.4, -0.2) is 71.7 Å². The number of hydrogen-bond acceptors (Lipinski definition) is 5. The maximum Gasteiger partial charge on any atom is 0.219 e. The number of hydrogen-bond donors (Lipinski definition) is 1. The molecule has 2 saturated heterocycles. The van der Waals surface area contributed by atoms with Crippen LogP contribution >= 0.6 is 0 Å². The Morgan fingerprint density at radius 1 is 1.21 bits per heavy atom. The van der Waals surface area contributed by atoms with Crippen LogP contribution in [0.2, 0.25) is 0 Å². The summed E-state index contributed by atoms with van der Waals surface area (Å²) in [6.07, 6.45) is 3.90. The molecule has 0 saturated carbocycles. The summed E-state index contributed by atoms with van der Waals surface area (Å²) in [6, 6.07) is 8.54. The van der Waals surface area contributed by atoms with Crippen LogP contribution in [0.15, 0.2) is 30.5 Å². The summed E-state index contributed by atoms with van der Waals surface area (Å²) in [7, 11) is 1.67. The van der Waals surface area contributed by atoms with Crippen LogP contribution in [0, 0.1) is 0 Å². The van der Waals surface area contributed by atoms with Crippen LogP contribution in [0.1, 0.15) is 31.6 Å². The molecule has 2 aliphatic heterocycles. The number of amides is 1. The Bertz CT molecular complexity index is 796. The minimum Gasteiger partial charge on any atom is -0.497 e. The SMILES string of the molecule is COc1ccc(-c2cnc([C@@H]3COCCN3C3CCN(C(C)=O)CC3)[nH]2)cc1. The van der Waals surface area contributed by atoms with E-state index in [0.29, 0.717) is 12.6 Å². The van der Waals surface area contributed by atoms with Gasteiger partial charge in [0.2, 0.25) is 5.91 Å². The fourth-order valence-corrected chi connectivity index (χ4v) is 4.23. The highest BCUT2D eigenvalue weighted by molar-refractivity contribution is 5.73. The number of nitrogens with one attached hydrogen (secondary N) is 1. The minimum absolute atomic E-state index is 0.120. The summed E-state index contributed by atoms with van der Waals surface area (Å²) in [6.45, 7) is 5.60. The molecule has 1 N–H and O–H groups in total. The second-order valence-corrected chi connectivity index (χ2v) is 7.48. The highest BCUT2D eigenvalue weighted by Crippen LogP contribution is 2.30. The Balaban J connectivity index is 1.49. The number of rotatable bonds is 4. The summed E-state index contributed by atoms with van der Waals surface area (Å²) in [5.41, 5.74) is 2.08. The number of H-pyrrole nitrogens is 1. The van der Waals surface area contributed by atoms with Gasteiger partial charge in [0.1, 0.15) is 11.6 Å². The number of carbonyl (C=O) groups is 1. The van der Waals surface area contributed by atoms with Crippen molar-refractivity contribution in [3.8, 4) is 17.0 Å². The first-order valence-corrected chi connectivity index (χ1v) is 9.94. The van der Waals surface area contributed by atoms with Crippen LogP contribution in [-0.2, 0) is 9.53 Å². The number of likely N-dealkylation sites (tertiary alicyclic amines) is 1. The molecule has 1 aromatic carbocycles. The van der Waals surface area contributed by atoms with Gasteiger partial charge in [0.25, 0.3) is 0 Å². The third kappa shape index (κ3) is 3.91. The Morgan fingerprint density at radius 2 is 1.96 bits per heavy atom. The third-order valence-corrected chi connectivity index (χ3v) is 5.86. The van der Waals surface area contributed by atoms with Crippen molar-refractivity contribution in [2.75, 3.05) is 40.0 Å². The van der Waals surface area contributed by atoms with Crippen LogP contribution in [0.4, 0.5) is 0 Å². The number of imidazole rings is 1. The molecule has 0 radical (unpaired) electrons. The maximum absolute atomic E-state index is 11.6. The van der Waals surface area contributed by atoms with E-state index >= 15 is 0 Å². The molecule has 7 heteroatoms. The molecule has 0 unspecified atom stereocenters. The average Bonchev–Trinajstić information content (AvgIpc) is 3.24. The zero-order chi connectivity index (χ0) is 19.5. The molecule has 2 aromatic rings. The second-order valence-electron chi connectivity index (χ2n) is 7.48. The van der Waals surface area contributed by atoms with E-state index in [1.807, 2.05) is 35.4 Å². The number of methoxy groups -OCH3 is 1. The van der Waals surface area contributed by atoms with Crippen molar-refractivity contribution in [2.24, 2.45) is 0 Å². The van der Waals surface area contributed by atoms with Crippen LogP contribution < -0.4 is 4.74 Å². The van der Waals surface area contributed by atoms with E-state index in [9.17, 15) is 4.79 Å². The first-order chi connectivity index (χ1) is 13.7. The van der Waals surface area contributed by atoms with Gasteiger partial charge in [-0.3, -0.25) is 9.69 Å².